The molecule has 0 aromatic carbocycles. The second-order valence-electron chi connectivity index (χ2n) is 7.83. The molecule has 3 rings (SSSR count). The Labute approximate surface area is 174 Å². The Hall–Kier alpha value is -2.42. The van der Waals surface area contributed by atoms with E-state index in [0.29, 0.717) is 26.2 Å². The van der Waals surface area contributed by atoms with Crippen LogP contribution >= 0.6 is 11.3 Å². The van der Waals surface area contributed by atoms with E-state index in [1.165, 1.54) is 4.88 Å². The fourth-order valence-corrected chi connectivity index (χ4v) is 4.05. The lowest BCUT2D eigenvalue weighted by Crippen LogP contribution is -2.50. The van der Waals surface area contributed by atoms with Gasteiger partial charge in [0.15, 0.2) is 0 Å². The standard InChI is InChI=1S/C20H28N4O4S/c1-6-13-12-14-16(21-15(18(25)27-7-2)22-17(14)29-13)23-8-10-24(11-9-23)19(26)28-20(3,4)5/h12H,6-11H2,1-5H3. The summed E-state index contributed by atoms with van der Waals surface area (Å²) in [6, 6.07) is 2.09. The molecule has 1 aliphatic rings. The van der Waals surface area contributed by atoms with Crippen LogP contribution in [-0.2, 0) is 15.9 Å². The first-order valence-corrected chi connectivity index (χ1v) is 10.7. The number of ether oxygens (including phenoxy) is 2. The third-order valence-electron chi connectivity index (χ3n) is 4.46. The van der Waals surface area contributed by atoms with E-state index in [1.54, 1.807) is 23.2 Å². The molecule has 0 spiro atoms. The predicted molar refractivity (Wildman–Crippen MR) is 113 cm³/mol. The number of rotatable bonds is 4. The summed E-state index contributed by atoms with van der Waals surface area (Å²) in [4.78, 5) is 39.3. The van der Waals surface area contributed by atoms with Crippen LogP contribution in [0.25, 0.3) is 10.2 Å². The Morgan fingerprint density at radius 2 is 1.83 bits per heavy atom. The predicted octanol–water partition coefficient (Wildman–Crippen LogP) is 3.49. The van der Waals surface area contributed by atoms with Gasteiger partial charge in [0, 0.05) is 31.1 Å². The lowest BCUT2D eigenvalue weighted by atomic mass is 10.2. The van der Waals surface area contributed by atoms with Crippen LogP contribution in [0.1, 0.15) is 50.1 Å². The van der Waals surface area contributed by atoms with Crippen molar-refractivity contribution in [3.8, 4) is 0 Å². The molecule has 0 saturated carbocycles. The molecule has 0 radical (unpaired) electrons. The van der Waals surface area contributed by atoms with Crippen molar-refractivity contribution in [2.24, 2.45) is 0 Å². The summed E-state index contributed by atoms with van der Waals surface area (Å²) < 4.78 is 10.6. The summed E-state index contributed by atoms with van der Waals surface area (Å²) in [6.45, 7) is 12.0. The number of carbonyl (C=O) groups excluding carboxylic acids is 2. The molecule has 0 aliphatic carbocycles. The molecule has 1 saturated heterocycles. The minimum Gasteiger partial charge on any atom is -0.460 e. The molecule has 8 nitrogen and oxygen atoms in total. The second kappa shape index (κ2) is 8.52. The van der Waals surface area contributed by atoms with Gasteiger partial charge in [0.05, 0.1) is 12.0 Å². The van der Waals surface area contributed by atoms with E-state index >= 15 is 0 Å². The molecule has 1 amide bonds. The van der Waals surface area contributed by atoms with Crippen molar-refractivity contribution < 1.29 is 19.1 Å². The highest BCUT2D eigenvalue weighted by molar-refractivity contribution is 7.18. The Morgan fingerprint density at radius 3 is 2.41 bits per heavy atom. The Balaban J connectivity index is 1.84. The van der Waals surface area contributed by atoms with Gasteiger partial charge in [0.2, 0.25) is 5.82 Å². The van der Waals surface area contributed by atoms with Gasteiger partial charge < -0.3 is 19.3 Å². The zero-order valence-electron chi connectivity index (χ0n) is 17.7. The topological polar surface area (TPSA) is 84.9 Å². The molecule has 0 bridgehead atoms. The minimum absolute atomic E-state index is 0.0772. The first-order chi connectivity index (χ1) is 13.7. The van der Waals surface area contributed by atoms with E-state index < -0.39 is 11.6 Å². The molecule has 29 heavy (non-hydrogen) atoms. The summed E-state index contributed by atoms with van der Waals surface area (Å²) in [6.07, 6.45) is 0.586. The number of aryl methyl sites for hydroxylation is 1. The fraction of sp³-hybridized carbons (Fsp3) is 0.600. The van der Waals surface area contributed by atoms with Crippen molar-refractivity contribution >= 4 is 39.4 Å². The van der Waals surface area contributed by atoms with Gasteiger partial charge in [0.25, 0.3) is 0 Å². The van der Waals surface area contributed by atoms with Gasteiger partial charge >= 0.3 is 12.1 Å². The summed E-state index contributed by atoms with van der Waals surface area (Å²) in [5.74, 6) is 0.278. The third kappa shape index (κ3) is 4.95. The zero-order valence-corrected chi connectivity index (χ0v) is 18.5. The molecule has 2 aromatic rings. The van der Waals surface area contributed by atoms with Crippen LogP contribution in [0.15, 0.2) is 6.07 Å². The number of carbonyl (C=O) groups is 2. The van der Waals surface area contributed by atoms with Crippen molar-refractivity contribution in [3.63, 3.8) is 0 Å². The number of nitrogens with zero attached hydrogens (tertiary/aromatic N) is 4. The van der Waals surface area contributed by atoms with Gasteiger partial charge in [-0.25, -0.2) is 19.6 Å². The van der Waals surface area contributed by atoms with Crippen LogP contribution in [-0.4, -0.2) is 65.3 Å². The summed E-state index contributed by atoms with van der Waals surface area (Å²) >= 11 is 1.57. The number of hydrogen-bond acceptors (Lipinski definition) is 8. The van der Waals surface area contributed by atoms with Crippen LogP contribution in [0.5, 0.6) is 0 Å². The lowest BCUT2D eigenvalue weighted by molar-refractivity contribution is 0.0240. The summed E-state index contributed by atoms with van der Waals surface area (Å²) in [5, 5.41) is 0.936. The highest BCUT2D eigenvalue weighted by Crippen LogP contribution is 2.32. The maximum Gasteiger partial charge on any atom is 0.410 e. The van der Waals surface area contributed by atoms with Gasteiger partial charge in [-0.3, -0.25) is 0 Å². The number of piperazine rings is 1. The van der Waals surface area contributed by atoms with Crippen molar-refractivity contribution in [2.45, 2.75) is 46.6 Å². The number of hydrogen-bond donors (Lipinski definition) is 0. The van der Waals surface area contributed by atoms with Gasteiger partial charge in [-0.2, -0.15) is 0 Å². The van der Waals surface area contributed by atoms with Gasteiger partial charge in [0.1, 0.15) is 16.2 Å². The molecule has 0 unspecified atom stereocenters. The molecule has 0 atom stereocenters. The maximum atomic E-state index is 12.3. The van der Waals surface area contributed by atoms with E-state index in [4.69, 9.17) is 9.47 Å². The van der Waals surface area contributed by atoms with Crippen molar-refractivity contribution in [3.05, 3.63) is 16.8 Å². The molecule has 158 valence electrons. The van der Waals surface area contributed by atoms with E-state index in [1.807, 2.05) is 20.8 Å². The van der Waals surface area contributed by atoms with Gasteiger partial charge in [-0.1, -0.05) is 6.92 Å². The summed E-state index contributed by atoms with van der Waals surface area (Å²) in [5.41, 5.74) is -0.519. The molecular weight excluding hydrogens is 392 g/mol. The van der Waals surface area contributed by atoms with E-state index in [-0.39, 0.29) is 18.5 Å². The van der Waals surface area contributed by atoms with Crippen molar-refractivity contribution in [1.29, 1.82) is 0 Å². The van der Waals surface area contributed by atoms with Crippen molar-refractivity contribution in [1.82, 2.24) is 14.9 Å². The normalized spacial score (nSPS) is 14.9. The lowest BCUT2D eigenvalue weighted by Gasteiger charge is -2.36. The van der Waals surface area contributed by atoms with E-state index in [0.717, 1.165) is 22.5 Å². The SMILES string of the molecule is CCOC(=O)c1nc(N2CCN(C(=O)OC(C)(C)C)CC2)c2cc(CC)sc2n1. The Kier molecular flexibility index (Phi) is 6.26. The van der Waals surface area contributed by atoms with Crippen LogP contribution in [0.4, 0.5) is 10.6 Å². The zero-order chi connectivity index (χ0) is 21.2. The first-order valence-electron chi connectivity index (χ1n) is 9.92. The molecule has 0 N–H and O–H groups in total. The number of thiophene rings is 1. The molecule has 9 heteroatoms. The smallest absolute Gasteiger partial charge is 0.410 e. The number of amides is 1. The number of fused-ring (bicyclic) bond motifs is 1. The fourth-order valence-electron chi connectivity index (χ4n) is 3.09. The molecule has 2 aromatic heterocycles. The Bertz CT molecular complexity index is 898. The largest absolute Gasteiger partial charge is 0.460 e. The van der Waals surface area contributed by atoms with E-state index in [2.05, 4.69) is 27.9 Å². The average molecular weight is 421 g/mol. The van der Waals surface area contributed by atoms with Gasteiger partial charge in [-0.15, -0.1) is 11.3 Å². The number of esters is 1. The molecule has 1 aliphatic heterocycles. The first kappa shape index (κ1) is 21.3. The van der Waals surface area contributed by atoms with E-state index in [9.17, 15) is 9.59 Å². The minimum atomic E-state index is -0.519. The van der Waals surface area contributed by atoms with Crippen molar-refractivity contribution in [2.75, 3.05) is 37.7 Å². The third-order valence-corrected chi connectivity index (χ3v) is 5.63. The quantitative estimate of drug-likeness (QED) is 0.700. The monoisotopic (exact) mass is 420 g/mol. The molecule has 3 heterocycles. The van der Waals surface area contributed by atoms with Crippen LogP contribution in [0.3, 0.4) is 0 Å². The second-order valence-corrected chi connectivity index (χ2v) is 8.95. The maximum absolute atomic E-state index is 12.3. The summed E-state index contributed by atoms with van der Waals surface area (Å²) in [7, 11) is 0. The molecule has 1 fully saturated rings. The highest BCUT2D eigenvalue weighted by atomic mass is 32.1. The number of anilines is 1. The average Bonchev–Trinajstić information content (AvgIpc) is 3.09. The van der Waals surface area contributed by atoms with Crippen LogP contribution in [0.2, 0.25) is 0 Å². The van der Waals surface area contributed by atoms with Crippen LogP contribution < -0.4 is 4.90 Å². The number of aromatic nitrogens is 2. The van der Waals surface area contributed by atoms with Crippen LogP contribution in [0, 0.1) is 0 Å². The molecular formula is C20H28N4O4S. The van der Waals surface area contributed by atoms with Gasteiger partial charge in [-0.05, 0) is 40.2 Å². The Morgan fingerprint density at radius 1 is 1.14 bits per heavy atom. The highest BCUT2D eigenvalue weighted by Gasteiger charge is 2.28.